The number of piperidine rings is 1. The molecule has 1 aliphatic heterocycles. The monoisotopic (exact) mass is 533 g/mol. The van der Waals surface area contributed by atoms with Crippen molar-refractivity contribution in [3.05, 3.63) is 69.2 Å². The number of likely N-dealkylation sites (tertiary alicyclic amines) is 1. The van der Waals surface area contributed by atoms with Crippen LogP contribution in [0.25, 0.3) is 0 Å². The molecule has 5 nitrogen and oxygen atoms in total. The van der Waals surface area contributed by atoms with Gasteiger partial charge in [0, 0.05) is 40.0 Å². The van der Waals surface area contributed by atoms with Crippen molar-refractivity contribution in [2.45, 2.75) is 38.5 Å². The summed E-state index contributed by atoms with van der Waals surface area (Å²) in [6.45, 7) is 3.13. The number of hydrogen-bond acceptors (Lipinski definition) is 4. The lowest BCUT2D eigenvalue weighted by Gasteiger charge is -2.35. The molecule has 0 radical (unpaired) electrons. The molecule has 1 heterocycles. The Balaban J connectivity index is 2.09. The average molecular weight is 535 g/mol. The molecule has 0 unspecified atom stereocenters. The van der Waals surface area contributed by atoms with E-state index in [1.165, 1.54) is 7.11 Å². The van der Waals surface area contributed by atoms with Gasteiger partial charge in [0.25, 0.3) is 0 Å². The highest BCUT2D eigenvalue weighted by atomic mass is 79.9. The molecule has 0 saturated carbocycles. The zero-order chi connectivity index (χ0) is 24.0. The quantitative estimate of drug-likeness (QED) is 0.240. The summed E-state index contributed by atoms with van der Waals surface area (Å²) in [7, 11) is 1.29. The lowest BCUT2D eigenvalue weighted by atomic mass is 9.72. The summed E-state index contributed by atoms with van der Waals surface area (Å²) >= 11 is 9.46. The fraction of sp³-hybridized carbons (Fsp3) is 0.423. The Bertz CT molecular complexity index is 971. The minimum absolute atomic E-state index is 0.123. The molecule has 1 aliphatic rings. The first-order chi connectivity index (χ1) is 15.9. The van der Waals surface area contributed by atoms with Crippen molar-refractivity contribution in [1.29, 1.82) is 0 Å². The Morgan fingerprint density at radius 1 is 1.00 bits per heavy atom. The topological polar surface area (TPSA) is 63.7 Å². The number of nitrogens with zero attached hydrogens (tertiary/aromatic N) is 1. The Kier molecular flexibility index (Phi) is 9.10. The maximum Gasteiger partial charge on any atom is 0.318 e. The van der Waals surface area contributed by atoms with E-state index in [2.05, 4.69) is 15.9 Å². The van der Waals surface area contributed by atoms with Crippen molar-refractivity contribution in [2.24, 2.45) is 11.8 Å². The van der Waals surface area contributed by atoms with E-state index in [4.69, 9.17) is 16.3 Å². The molecule has 2 aromatic rings. The molecule has 33 heavy (non-hydrogen) atoms. The smallest absolute Gasteiger partial charge is 0.318 e. The van der Waals surface area contributed by atoms with Crippen LogP contribution < -0.4 is 0 Å². The van der Waals surface area contributed by atoms with Crippen LogP contribution in [0.2, 0.25) is 5.02 Å². The second-order valence-corrected chi connectivity index (χ2v) is 9.70. The predicted octanol–water partition coefficient (Wildman–Crippen LogP) is 5.90. The van der Waals surface area contributed by atoms with E-state index >= 15 is 0 Å². The number of ketones is 1. The van der Waals surface area contributed by atoms with Crippen molar-refractivity contribution >= 4 is 45.2 Å². The SMILES string of the molecule is CC[C@H](C(=O)c1ccc(Cl)cc1)[C@H](c1ccc(Br)cc1)[C@H](C(=O)OC)C(=O)N1CCCCC1. The number of esters is 1. The molecule has 0 aromatic heterocycles. The average Bonchev–Trinajstić information content (AvgIpc) is 2.84. The number of benzene rings is 2. The van der Waals surface area contributed by atoms with Gasteiger partial charge in [-0.15, -0.1) is 0 Å². The predicted molar refractivity (Wildman–Crippen MR) is 132 cm³/mol. The first kappa shape index (κ1) is 25.4. The van der Waals surface area contributed by atoms with E-state index in [0.717, 1.165) is 29.3 Å². The van der Waals surface area contributed by atoms with Gasteiger partial charge in [-0.2, -0.15) is 0 Å². The molecule has 0 bridgehead atoms. The fourth-order valence-electron chi connectivity index (χ4n) is 4.61. The first-order valence-corrected chi connectivity index (χ1v) is 12.5. The van der Waals surface area contributed by atoms with Gasteiger partial charge in [-0.3, -0.25) is 14.4 Å². The number of ether oxygens (including phenoxy) is 1. The summed E-state index contributed by atoms with van der Waals surface area (Å²) in [6, 6.07) is 14.2. The van der Waals surface area contributed by atoms with E-state index in [-0.39, 0.29) is 11.7 Å². The van der Waals surface area contributed by atoms with Crippen LogP contribution in [-0.4, -0.2) is 42.8 Å². The Labute approximate surface area is 208 Å². The molecule has 3 rings (SSSR count). The van der Waals surface area contributed by atoms with Crippen LogP contribution in [0, 0.1) is 11.8 Å². The standard InChI is InChI=1S/C26H29BrClNO4/c1-3-21(24(30)18-9-13-20(28)14-10-18)22(17-7-11-19(27)12-8-17)23(26(32)33-2)25(31)29-15-5-4-6-16-29/h7-14,21-23H,3-6,15-16H2,1-2H3/t21-,22-,23-/m0/s1. The van der Waals surface area contributed by atoms with Crippen molar-refractivity contribution in [3.8, 4) is 0 Å². The van der Waals surface area contributed by atoms with E-state index in [9.17, 15) is 14.4 Å². The van der Waals surface area contributed by atoms with Crippen LogP contribution in [0.3, 0.4) is 0 Å². The van der Waals surface area contributed by atoms with E-state index in [1.54, 1.807) is 29.2 Å². The van der Waals surface area contributed by atoms with Gasteiger partial charge in [-0.25, -0.2) is 0 Å². The second-order valence-electron chi connectivity index (χ2n) is 8.35. The van der Waals surface area contributed by atoms with E-state index < -0.39 is 23.7 Å². The Morgan fingerprint density at radius 2 is 1.61 bits per heavy atom. The number of rotatable bonds is 8. The van der Waals surface area contributed by atoms with Crippen LogP contribution in [0.5, 0.6) is 0 Å². The number of hydrogen-bond donors (Lipinski definition) is 0. The van der Waals surface area contributed by atoms with Crippen LogP contribution in [0.15, 0.2) is 53.0 Å². The van der Waals surface area contributed by atoms with Crippen LogP contribution in [0.4, 0.5) is 0 Å². The maximum absolute atomic E-state index is 13.7. The molecular formula is C26H29BrClNO4. The van der Waals surface area contributed by atoms with Crippen molar-refractivity contribution in [3.63, 3.8) is 0 Å². The molecule has 1 fully saturated rings. The van der Waals surface area contributed by atoms with Gasteiger partial charge in [0.05, 0.1) is 7.11 Å². The third kappa shape index (κ3) is 6.04. The lowest BCUT2D eigenvalue weighted by Crippen LogP contribution is -2.47. The van der Waals surface area contributed by atoms with Crippen LogP contribution in [-0.2, 0) is 14.3 Å². The highest BCUT2D eigenvalue weighted by molar-refractivity contribution is 9.10. The molecular weight excluding hydrogens is 506 g/mol. The molecule has 3 atom stereocenters. The molecule has 0 spiro atoms. The minimum atomic E-state index is -1.10. The number of halogens is 2. The normalized spacial score (nSPS) is 16.5. The molecule has 2 aromatic carbocycles. The van der Waals surface area contributed by atoms with Crippen LogP contribution in [0.1, 0.15) is 54.4 Å². The van der Waals surface area contributed by atoms with Gasteiger partial charge in [-0.1, -0.05) is 46.6 Å². The summed E-state index contributed by atoms with van der Waals surface area (Å²) in [5.41, 5.74) is 1.26. The summed E-state index contributed by atoms with van der Waals surface area (Å²) in [6.07, 6.45) is 3.34. The van der Waals surface area contributed by atoms with Crippen molar-refractivity contribution in [2.75, 3.05) is 20.2 Å². The fourth-order valence-corrected chi connectivity index (χ4v) is 5.00. The van der Waals surface area contributed by atoms with E-state index in [0.29, 0.717) is 30.1 Å². The van der Waals surface area contributed by atoms with Gasteiger partial charge in [0.15, 0.2) is 5.78 Å². The number of carbonyl (C=O) groups is 3. The van der Waals surface area contributed by atoms with Gasteiger partial charge >= 0.3 is 5.97 Å². The van der Waals surface area contributed by atoms with Crippen LogP contribution >= 0.6 is 27.5 Å². The minimum Gasteiger partial charge on any atom is -0.468 e. The second kappa shape index (κ2) is 11.8. The molecule has 0 N–H and O–H groups in total. The highest BCUT2D eigenvalue weighted by Gasteiger charge is 2.45. The summed E-state index contributed by atoms with van der Waals surface area (Å²) < 4.78 is 6.00. The van der Waals surface area contributed by atoms with E-state index in [1.807, 2.05) is 31.2 Å². The zero-order valence-corrected chi connectivity index (χ0v) is 21.3. The molecule has 1 amide bonds. The van der Waals surface area contributed by atoms with Crippen molar-refractivity contribution < 1.29 is 19.1 Å². The summed E-state index contributed by atoms with van der Waals surface area (Å²) in [5.74, 6) is -3.35. The number of amides is 1. The third-order valence-electron chi connectivity index (χ3n) is 6.34. The van der Waals surface area contributed by atoms with Gasteiger partial charge in [0.2, 0.25) is 5.91 Å². The Hall–Kier alpha value is -2.18. The third-order valence-corrected chi connectivity index (χ3v) is 7.12. The zero-order valence-electron chi connectivity index (χ0n) is 18.9. The number of carbonyl (C=O) groups excluding carboxylic acids is 3. The molecule has 1 saturated heterocycles. The summed E-state index contributed by atoms with van der Waals surface area (Å²) in [4.78, 5) is 42.2. The molecule has 0 aliphatic carbocycles. The highest BCUT2D eigenvalue weighted by Crippen LogP contribution is 2.39. The van der Waals surface area contributed by atoms with Crippen molar-refractivity contribution in [1.82, 2.24) is 4.90 Å². The van der Waals surface area contributed by atoms with Gasteiger partial charge in [0.1, 0.15) is 5.92 Å². The van der Waals surface area contributed by atoms with Gasteiger partial charge in [-0.05, 0) is 67.6 Å². The molecule has 176 valence electrons. The van der Waals surface area contributed by atoms with Gasteiger partial charge < -0.3 is 9.64 Å². The Morgan fingerprint density at radius 3 is 2.15 bits per heavy atom. The first-order valence-electron chi connectivity index (χ1n) is 11.3. The largest absolute Gasteiger partial charge is 0.468 e. The molecule has 7 heteroatoms. The summed E-state index contributed by atoms with van der Waals surface area (Å²) in [5, 5.41) is 0.539. The number of methoxy groups -OCH3 is 1. The lowest BCUT2D eigenvalue weighted by molar-refractivity contribution is -0.155. The number of Topliss-reactive ketones (excluding diaryl/α,β-unsaturated/α-hetero) is 1. The maximum atomic E-state index is 13.7.